The van der Waals surface area contributed by atoms with E-state index in [2.05, 4.69) is 4.98 Å². The Morgan fingerprint density at radius 2 is 2.00 bits per heavy atom. The number of nitrogens with zero attached hydrogens (tertiary/aromatic N) is 2. The van der Waals surface area contributed by atoms with E-state index in [4.69, 9.17) is 23.2 Å². The fourth-order valence-electron chi connectivity index (χ4n) is 1.92. The van der Waals surface area contributed by atoms with Crippen LogP contribution in [0.1, 0.15) is 12.2 Å². The van der Waals surface area contributed by atoms with Crippen molar-refractivity contribution in [1.29, 1.82) is 0 Å². The molecule has 0 aliphatic heterocycles. The van der Waals surface area contributed by atoms with Gasteiger partial charge in [-0.05, 0) is 12.1 Å². The van der Waals surface area contributed by atoms with Crippen LogP contribution in [0.3, 0.4) is 0 Å². The van der Waals surface area contributed by atoms with Crippen molar-refractivity contribution in [2.45, 2.75) is 25.6 Å². The molecular weight excluding hydrogens is 300 g/mol. The average molecular weight is 311 g/mol. The monoisotopic (exact) mass is 310 g/mol. The second-order valence-electron chi connectivity index (χ2n) is 4.09. The van der Waals surface area contributed by atoms with Crippen LogP contribution in [0.4, 0.5) is 13.2 Å². The number of hydrogen-bond donors (Lipinski definition) is 0. The summed E-state index contributed by atoms with van der Waals surface area (Å²) in [5, 5.41) is 0.430. The van der Waals surface area contributed by atoms with E-state index in [1.54, 1.807) is 18.2 Å². The van der Waals surface area contributed by atoms with E-state index in [0.29, 0.717) is 34.2 Å². The summed E-state index contributed by atoms with van der Waals surface area (Å²) < 4.78 is 38.6. The first-order valence-electron chi connectivity index (χ1n) is 5.68. The number of hydrogen-bond acceptors (Lipinski definition) is 1. The molecular formula is C12H11Cl2F3N2. The third kappa shape index (κ3) is 3.34. The highest BCUT2D eigenvalue weighted by molar-refractivity contribution is 6.34. The number of aryl methyl sites for hydroxylation is 2. The molecule has 1 aromatic carbocycles. The number of halogens is 5. The Bertz CT molecular complexity index is 578. The highest BCUT2D eigenvalue weighted by Gasteiger charge is 2.27. The van der Waals surface area contributed by atoms with E-state index in [1.165, 1.54) is 4.57 Å². The summed E-state index contributed by atoms with van der Waals surface area (Å²) in [7, 11) is 0. The van der Waals surface area contributed by atoms with Gasteiger partial charge in [0.2, 0.25) is 0 Å². The van der Waals surface area contributed by atoms with Crippen molar-refractivity contribution in [3.05, 3.63) is 29.0 Å². The number of aromatic nitrogens is 2. The first kappa shape index (κ1) is 14.5. The van der Waals surface area contributed by atoms with Crippen LogP contribution in [0.5, 0.6) is 0 Å². The van der Waals surface area contributed by atoms with Crippen molar-refractivity contribution >= 4 is 34.2 Å². The maximum atomic E-state index is 12.4. The van der Waals surface area contributed by atoms with Gasteiger partial charge in [0.15, 0.2) is 0 Å². The first-order chi connectivity index (χ1) is 8.92. The average Bonchev–Trinajstić information content (AvgIpc) is 2.66. The topological polar surface area (TPSA) is 17.8 Å². The lowest BCUT2D eigenvalue weighted by Gasteiger charge is -2.10. The summed E-state index contributed by atoms with van der Waals surface area (Å²) in [6.07, 6.45) is -4.70. The summed E-state index contributed by atoms with van der Waals surface area (Å²) in [6.45, 7) is -0.174. The third-order valence-electron chi connectivity index (χ3n) is 2.75. The van der Waals surface area contributed by atoms with Gasteiger partial charge < -0.3 is 4.57 Å². The highest BCUT2D eigenvalue weighted by atomic mass is 35.5. The molecule has 0 spiro atoms. The Hall–Kier alpha value is -0.940. The number of rotatable bonds is 4. The largest absolute Gasteiger partial charge is 0.390 e. The molecule has 0 saturated heterocycles. The molecule has 1 heterocycles. The van der Waals surface area contributed by atoms with Crippen molar-refractivity contribution < 1.29 is 13.2 Å². The minimum absolute atomic E-state index is 0.174. The maximum absolute atomic E-state index is 12.4. The van der Waals surface area contributed by atoms with Gasteiger partial charge in [-0.25, -0.2) is 4.98 Å². The van der Waals surface area contributed by atoms with Crippen LogP contribution >= 0.6 is 23.2 Å². The molecule has 19 heavy (non-hydrogen) atoms. The van der Waals surface area contributed by atoms with Gasteiger partial charge in [0.1, 0.15) is 11.3 Å². The minimum atomic E-state index is -4.20. The molecule has 0 radical (unpaired) electrons. The van der Waals surface area contributed by atoms with E-state index >= 15 is 0 Å². The Balaban J connectivity index is 2.43. The lowest BCUT2D eigenvalue weighted by Crippen LogP contribution is -2.14. The summed E-state index contributed by atoms with van der Waals surface area (Å²) in [5.41, 5.74) is 1.13. The number of alkyl halides is 4. The minimum Gasteiger partial charge on any atom is -0.328 e. The molecule has 0 saturated carbocycles. The van der Waals surface area contributed by atoms with Crippen molar-refractivity contribution in [3.8, 4) is 0 Å². The molecule has 7 heteroatoms. The molecule has 0 aliphatic carbocycles. The van der Waals surface area contributed by atoms with Crippen LogP contribution < -0.4 is 0 Å². The third-order valence-corrected chi connectivity index (χ3v) is 3.24. The fourth-order valence-corrected chi connectivity index (χ4v) is 2.31. The van der Waals surface area contributed by atoms with Crippen LogP contribution in [0.2, 0.25) is 5.02 Å². The highest BCUT2D eigenvalue weighted by Crippen LogP contribution is 2.27. The molecule has 0 atom stereocenters. The Morgan fingerprint density at radius 1 is 1.26 bits per heavy atom. The first-order valence-corrected chi connectivity index (χ1v) is 6.60. The maximum Gasteiger partial charge on any atom is 0.390 e. The van der Waals surface area contributed by atoms with Crippen LogP contribution in [-0.4, -0.2) is 21.6 Å². The van der Waals surface area contributed by atoms with E-state index in [9.17, 15) is 13.2 Å². The molecule has 0 unspecified atom stereocenters. The van der Waals surface area contributed by atoms with Gasteiger partial charge in [0.25, 0.3) is 0 Å². The standard InChI is InChI=1S/C12H11Cl2F3N2/c13-6-4-10-18-11-8(14)2-1-3-9(11)19(10)7-5-12(15,16)17/h1-3H,4-7H2. The molecule has 2 rings (SSSR count). The lowest BCUT2D eigenvalue weighted by atomic mass is 10.3. The van der Waals surface area contributed by atoms with Crippen LogP contribution in [0.25, 0.3) is 11.0 Å². The predicted molar refractivity (Wildman–Crippen MR) is 69.8 cm³/mol. The van der Waals surface area contributed by atoms with Gasteiger partial charge in [0.05, 0.1) is 17.0 Å². The number of imidazole rings is 1. The van der Waals surface area contributed by atoms with E-state index in [-0.39, 0.29) is 6.54 Å². The molecule has 0 fully saturated rings. The fraction of sp³-hybridized carbons (Fsp3) is 0.417. The van der Waals surface area contributed by atoms with Crippen LogP contribution in [-0.2, 0) is 13.0 Å². The van der Waals surface area contributed by atoms with Crippen molar-refractivity contribution in [2.24, 2.45) is 0 Å². The molecule has 0 bridgehead atoms. The number of para-hydroxylation sites is 1. The zero-order valence-electron chi connectivity index (χ0n) is 9.84. The molecule has 0 amide bonds. The van der Waals surface area contributed by atoms with Crippen molar-refractivity contribution in [3.63, 3.8) is 0 Å². The molecule has 1 aromatic heterocycles. The van der Waals surface area contributed by atoms with Gasteiger partial charge in [0, 0.05) is 18.8 Å². The van der Waals surface area contributed by atoms with Crippen molar-refractivity contribution in [1.82, 2.24) is 9.55 Å². The normalized spacial score (nSPS) is 12.3. The zero-order chi connectivity index (χ0) is 14.0. The molecule has 0 N–H and O–H groups in total. The SMILES string of the molecule is FC(F)(F)CCn1c(CCCl)nc2c(Cl)cccc21. The molecule has 104 valence electrons. The smallest absolute Gasteiger partial charge is 0.328 e. The van der Waals surface area contributed by atoms with Crippen molar-refractivity contribution in [2.75, 3.05) is 5.88 Å². The Kier molecular flexibility index (Phi) is 4.26. The zero-order valence-corrected chi connectivity index (χ0v) is 11.4. The summed E-state index contributed by atoms with van der Waals surface area (Å²) in [6, 6.07) is 5.07. The predicted octanol–water partition coefficient (Wildman–Crippen LogP) is 4.42. The number of fused-ring (bicyclic) bond motifs is 1. The van der Waals surface area contributed by atoms with Crippen LogP contribution in [0, 0.1) is 0 Å². The Morgan fingerprint density at radius 3 is 2.63 bits per heavy atom. The van der Waals surface area contributed by atoms with Crippen LogP contribution in [0.15, 0.2) is 18.2 Å². The summed E-state index contributed by atoms with van der Waals surface area (Å²) in [4.78, 5) is 4.28. The van der Waals surface area contributed by atoms with Gasteiger partial charge in [-0.2, -0.15) is 13.2 Å². The van der Waals surface area contributed by atoms with Gasteiger partial charge in [-0.15, -0.1) is 11.6 Å². The number of benzene rings is 1. The quantitative estimate of drug-likeness (QED) is 0.764. The molecule has 2 aromatic rings. The van der Waals surface area contributed by atoms with Gasteiger partial charge in [-0.3, -0.25) is 0 Å². The second kappa shape index (κ2) is 5.59. The second-order valence-corrected chi connectivity index (χ2v) is 4.88. The van der Waals surface area contributed by atoms with Gasteiger partial charge >= 0.3 is 6.18 Å². The van der Waals surface area contributed by atoms with E-state index in [1.807, 2.05) is 0 Å². The van der Waals surface area contributed by atoms with E-state index < -0.39 is 12.6 Å². The summed E-state index contributed by atoms with van der Waals surface area (Å²) in [5.74, 6) is 0.829. The van der Waals surface area contributed by atoms with E-state index in [0.717, 1.165) is 0 Å². The Labute approximate surface area is 118 Å². The van der Waals surface area contributed by atoms with Gasteiger partial charge in [-0.1, -0.05) is 17.7 Å². The lowest BCUT2D eigenvalue weighted by molar-refractivity contribution is -0.136. The molecule has 2 nitrogen and oxygen atoms in total. The summed E-state index contributed by atoms with van der Waals surface area (Å²) >= 11 is 11.7. The molecule has 0 aliphatic rings.